The van der Waals surface area contributed by atoms with Gasteiger partial charge < -0.3 is 14.8 Å². The molecule has 0 bridgehead atoms. The average Bonchev–Trinajstić information content (AvgIpc) is 2.97. The van der Waals surface area contributed by atoms with E-state index in [-0.39, 0.29) is 22.9 Å². The lowest BCUT2D eigenvalue weighted by Crippen LogP contribution is -2.49. The SMILES string of the molecule is COc1ccc(C)cc1NS(=O)(=O)c1ccc(NC(=O)[C@@H]2CN(S(=O)(=O)Cc3ccccc3)c3ccccc3O2)cc1. The van der Waals surface area contributed by atoms with Crippen LogP contribution in [0.25, 0.3) is 0 Å². The molecule has 42 heavy (non-hydrogen) atoms. The molecule has 0 saturated heterocycles. The molecular formula is C30H29N3O7S2. The number of fused-ring (bicyclic) bond motifs is 1. The first-order chi connectivity index (χ1) is 20.1. The molecule has 1 atom stereocenters. The zero-order valence-electron chi connectivity index (χ0n) is 22.9. The molecule has 1 amide bonds. The lowest BCUT2D eigenvalue weighted by Gasteiger charge is -2.34. The number of benzene rings is 4. The number of nitrogens with zero attached hydrogens (tertiary/aromatic N) is 1. The number of carbonyl (C=O) groups excluding carboxylic acids is 1. The molecule has 0 fully saturated rings. The summed E-state index contributed by atoms with van der Waals surface area (Å²) >= 11 is 0. The predicted octanol–water partition coefficient (Wildman–Crippen LogP) is 4.54. The van der Waals surface area contributed by atoms with Crippen LogP contribution in [0.5, 0.6) is 11.5 Å². The van der Waals surface area contributed by atoms with Gasteiger partial charge in [-0.1, -0.05) is 48.5 Å². The van der Waals surface area contributed by atoms with E-state index in [2.05, 4.69) is 10.0 Å². The van der Waals surface area contributed by atoms with E-state index >= 15 is 0 Å². The van der Waals surface area contributed by atoms with Gasteiger partial charge in [0.2, 0.25) is 10.0 Å². The number of ether oxygens (including phenoxy) is 2. The van der Waals surface area contributed by atoms with E-state index in [1.807, 2.05) is 6.92 Å². The molecule has 218 valence electrons. The van der Waals surface area contributed by atoms with Crippen LogP contribution in [0.4, 0.5) is 17.1 Å². The Kier molecular flexibility index (Phi) is 8.10. The number of rotatable bonds is 9. The molecule has 10 nitrogen and oxygen atoms in total. The Morgan fingerprint density at radius 3 is 2.33 bits per heavy atom. The second kappa shape index (κ2) is 11.7. The summed E-state index contributed by atoms with van der Waals surface area (Å²) in [7, 11) is -6.36. The van der Waals surface area contributed by atoms with Gasteiger partial charge in [0.15, 0.2) is 6.10 Å². The zero-order chi connectivity index (χ0) is 29.9. The molecule has 0 unspecified atom stereocenters. The fourth-order valence-electron chi connectivity index (χ4n) is 4.51. The van der Waals surface area contributed by atoms with Crippen molar-refractivity contribution >= 4 is 43.0 Å². The minimum Gasteiger partial charge on any atom is -0.495 e. The van der Waals surface area contributed by atoms with Gasteiger partial charge in [-0.2, -0.15) is 0 Å². The Bertz CT molecular complexity index is 1810. The molecule has 4 aromatic carbocycles. The second-order valence-corrected chi connectivity index (χ2v) is 13.2. The maximum atomic E-state index is 13.4. The van der Waals surface area contributed by atoms with Gasteiger partial charge in [-0.3, -0.25) is 13.8 Å². The standard InChI is InChI=1S/C30H29N3O7S2/c1-21-12-17-27(39-2)25(18-21)32-42(37,38)24-15-13-23(14-16-24)31-30(34)29-19-33(26-10-6-7-11-28(26)40-29)41(35,36)20-22-8-4-3-5-9-22/h3-18,29,32H,19-20H2,1-2H3,(H,31,34)/t29-/m0/s1. The molecule has 0 saturated carbocycles. The Morgan fingerprint density at radius 2 is 1.62 bits per heavy atom. The van der Waals surface area contributed by atoms with Crippen molar-refractivity contribution in [3.05, 3.63) is 108 Å². The van der Waals surface area contributed by atoms with Crippen molar-refractivity contribution in [1.82, 2.24) is 0 Å². The van der Waals surface area contributed by atoms with Crippen molar-refractivity contribution in [2.45, 2.75) is 23.7 Å². The highest BCUT2D eigenvalue weighted by Crippen LogP contribution is 2.36. The summed E-state index contributed by atoms with van der Waals surface area (Å²) in [6, 6.07) is 26.2. The molecular weight excluding hydrogens is 578 g/mol. The average molecular weight is 608 g/mol. The first-order valence-corrected chi connectivity index (χ1v) is 16.0. The highest BCUT2D eigenvalue weighted by molar-refractivity contribution is 7.92. The van der Waals surface area contributed by atoms with E-state index in [9.17, 15) is 21.6 Å². The third kappa shape index (κ3) is 6.34. The van der Waals surface area contributed by atoms with Crippen molar-refractivity contribution in [2.75, 3.05) is 28.0 Å². The highest BCUT2D eigenvalue weighted by atomic mass is 32.2. The van der Waals surface area contributed by atoms with Gasteiger partial charge in [0.05, 0.1) is 35.7 Å². The number of amides is 1. The summed E-state index contributed by atoms with van der Waals surface area (Å²) in [5, 5.41) is 2.70. The van der Waals surface area contributed by atoms with E-state index < -0.39 is 32.1 Å². The number of hydrogen-bond acceptors (Lipinski definition) is 7. The minimum absolute atomic E-state index is 0.0231. The van der Waals surface area contributed by atoms with Crippen molar-refractivity contribution in [3.8, 4) is 11.5 Å². The molecule has 1 aliphatic rings. The van der Waals surface area contributed by atoms with Crippen LogP contribution in [-0.4, -0.2) is 42.5 Å². The summed E-state index contributed by atoms with van der Waals surface area (Å²) in [5.74, 6) is -0.182. The Hall–Kier alpha value is -4.55. The monoisotopic (exact) mass is 607 g/mol. The normalized spacial score (nSPS) is 14.8. The molecule has 0 radical (unpaired) electrons. The molecule has 12 heteroatoms. The number of nitrogens with one attached hydrogen (secondary N) is 2. The first-order valence-electron chi connectivity index (χ1n) is 12.9. The molecule has 0 spiro atoms. The zero-order valence-corrected chi connectivity index (χ0v) is 24.5. The lowest BCUT2D eigenvalue weighted by atomic mass is 10.2. The van der Waals surface area contributed by atoms with E-state index in [1.165, 1.54) is 35.7 Å². The minimum atomic E-state index is -3.95. The number of hydrogen-bond donors (Lipinski definition) is 2. The summed E-state index contributed by atoms with van der Waals surface area (Å²) in [6.07, 6.45) is -1.15. The second-order valence-electron chi connectivity index (χ2n) is 9.67. The number of methoxy groups -OCH3 is 1. The van der Waals surface area contributed by atoms with Crippen LogP contribution in [0.15, 0.2) is 102 Å². The van der Waals surface area contributed by atoms with Crippen LogP contribution in [0.2, 0.25) is 0 Å². The predicted molar refractivity (Wildman–Crippen MR) is 161 cm³/mol. The maximum Gasteiger partial charge on any atom is 0.267 e. The number of anilines is 3. The third-order valence-electron chi connectivity index (χ3n) is 6.59. The summed E-state index contributed by atoms with van der Waals surface area (Å²) in [5.41, 5.74) is 2.44. The molecule has 4 aromatic rings. The van der Waals surface area contributed by atoms with E-state index in [1.54, 1.807) is 72.8 Å². The number of sulfonamides is 2. The Balaban J connectivity index is 1.31. The topological polar surface area (TPSA) is 131 Å². The van der Waals surface area contributed by atoms with Crippen LogP contribution in [0.3, 0.4) is 0 Å². The largest absolute Gasteiger partial charge is 0.495 e. The van der Waals surface area contributed by atoms with E-state index in [4.69, 9.17) is 9.47 Å². The quantitative estimate of drug-likeness (QED) is 0.286. The molecule has 0 aromatic heterocycles. The molecule has 2 N–H and O–H groups in total. The van der Waals surface area contributed by atoms with Crippen LogP contribution < -0.4 is 23.8 Å². The maximum absolute atomic E-state index is 13.4. The van der Waals surface area contributed by atoms with Crippen LogP contribution in [-0.2, 0) is 30.6 Å². The smallest absolute Gasteiger partial charge is 0.267 e. The van der Waals surface area contributed by atoms with Gasteiger partial charge in [0.1, 0.15) is 11.5 Å². The van der Waals surface area contributed by atoms with Crippen molar-refractivity contribution < 1.29 is 31.1 Å². The van der Waals surface area contributed by atoms with Crippen LogP contribution in [0, 0.1) is 6.92 Å². The van der Waals surface area contributed by atoms with Crippen LogP contribution >= 0.6 is 0 Å². The first kappa shape index (κ1) is 29.0. The van der Waals surface area contributed by atoms with E-state index in [0.29, 0.717) is 28.4 Å². The van der Waals surface area contributed by atoms with Gasteiger partial charge in [0, 0.05) is 5.69 Å². The lowest BCUT2D eigenvalue weighted by molar-refractivity contribution is -0.122. The molecule has 1 heterocycles. The van der Waals surface area contributed by atoms with Crippen molar-refractivity contribution in [3.63, 3.8) is 0 Å². The van der Waals surface area contributed by atoms with Crippen molar-refractivity contribution in [1.29, 1.82) is 0 Å². The molecule has 1 aliphatic heterocycles. The van der Waals surface area contributed by atoms with Gasteiger partial charge in [0.25, 0.3) is 15.9 Å². The van der Waals surface area contributed by atoms with Gasteiger partial charge in [-0.15, -0.1) is 0 Å². The van der Waals surface area contributed by atoms with Gasteiger partial charge in [-0.25, -0.2) is 16.8 Å². The fraction of sp³-hybridized carbons (Fsp3) is 0.167. The van der Waals surface area contributed by atoms with Gasteiger partial charge in [-0.05, 0) is 66.6 Å². The Labute approximate surface area is 245 Å². The summed E-state index contributed by atoms with van der Waals surface area (Å²) in [4.78, 5) is 13.2. The van der Waals surface area contributed by atoms with Crippen molar-refractivity contribution in [2.24, 2.45) is 0 Å². The number of aryl methyl sites for hydroxylation is 1. The van der Waals surface area contributed by atoms with E-state index in [0.717, 1.165) is 5.56 Å². The third-order valence-corrected chi connectivity index (χ3v) is 9.68. The number of carbonyl (C=O) groups is 1. The number of para-hydroxylation sites is 2. The van der Waals surface area contributed by atoms with Crippen LogP contribution in [0.1, 0.15) is 11.1 Å². The fourth-order valence-corrected chi connectivity index (χ4v) is 7.15. The highest BCUT2D eigenvalue weighted by Gasteiger charge is 2.36. The summed E-state index contributed by atoms with van der Waals surface area (Å²) < 4.78 is 67.7. The molecule has 0 aliphatic carbocycles. The summed E-state index contributed by atoms with van der Waals surface area (Å²) in [6.45, 7) is 1.61. The molecule has 5 rings (SSSR count). The Morgan fingerprint density at radius 1 is 0.929 bits per heavy atom. The van der Waals surface area contributed by atoms with Gasteiger partial charge >= 0.3 is 0 Å².